The molecule has 0 bridgehead atoms. The smallest absolute Gasteiger partial charge is 0.162 e. The molecule has 1 aromatic carbocycles. The molecule has 1 saturated heterocycles. The van der Waals surface area contributed by atoms with Crippen molar-refractivity contribution >= 4 is 11.6 Å². The molecule has 1 aliphatic heterocycles. The monoisotopic (exact) mass is 283 g/mol. The van der Waals surface area contributed by atoms with Crippen molar-refractivity contribution in [1.82, 2.24) is 5.32 Å². The highest BCUT2D eigenvalue weighted by atomic mass is 35.5. The standard InChI is InChI=1S/C15H22ClNO2/c1-4-14(11-5-7-12(16)8-6-11)17-13-9-18-15(2,3)19-10-13/h5-8,13-14,17H,4,9-10H2,1-3H3. The molecule has 4 heteroatoms. The molecule has 1 aromatic rings. The van der Waals surface area contributed by atoms with Crippen LogP contribution in [0.1, 0.15) is 38.8 Å². The molecule has 0 amide bonds. The predicted octanol–water partition coefficient (Wildman–Crippen LogP) is 3.53. The molecule has 1 heterocycles. The zero-order valence-electron chi connectivity index (χ0n) is 11.8. The highest BCUT2D eigenvalue weighted by Crippen LogP contribution is 2.22. The van der Waals surface area contributed by atoms with Gasteiger partial charge in [-0.2, -0.15) is 0 Å². The number of halogens is 1. The van der Waals surface area contributed by atoms with E-state index in [9.17, 15) is 0 Å². The van der Waals surface area contributed by atoms with Gasteiger partial charge in [-0.25, -0.2) is 0 Å². The second kappa shape index (κ2) is 6.23. The van der Waals surface area contributed by atoms with Crippen LogP contribution in [0.5, 0.6) is 0 Å². The third kappa shape index (κ3) is 4.18. The maximum absolute atomic E-state index is 5.92. The Morgan fingerprint density at radius 1 is 1.26 bits per heavy atom. The predicted molar refractivity (Wildman–Crippen MR) is 77.4 cm³/mol. The first-order valence-corrected chi connectivity index (χ1v) is 7.17. The number of hydrogen-bond donors (Lipinski definition) is 1. The summed E-state index contributed by atoms with van der Waals surface area (Å²) in [5, 5.41) is 4.35. The fourth-order valence-corrected chi connectivity index (χ4v) is 2.34. The number of ether oxygens (including phenoxy) is 2. The van der Waals surface area contributed by atoms with Gasteiger partial charge in [0.2, 0.25) is 0 Å². The number of hydrogen-bond acceptors (Lipinski definition) is 3. The fourth-order valence-electron chi connectivity index (χ4n) is 2.22. The van der Waals surface area contributed by atoms with Gasteiger partial charge in [-0.3, -0.25) is 0 Å². The Kier molecular flexibility index (Phi) is 4.85. The van der Waals surface area contributed by atoms with E-state index in [1.807, 2.05) is 26.0 Å². The van der Waals surface area contributed by atoms with Crippen molar-refractivity contribution in [3.63, 3.8) is 0 Å². The molecule has 0 spiro atoms. The largest absolute Gasteiger partial charge is 0.349 e. The topological polar surface area (TPSA) is 30.5 Å². The van der Waals surface area contributed by atoms with Crippen LogP contribution in [-0.2, 0) is 9.47 Å². The minimum Gasteiger partial charge on any atom is -0.349 e. The summed E-state index contributed by atoms with van der Waals surface area (Å²) in [6.45, 7) is 7.41. The molecule has 1 fully saturated rings. The van der Waals surface area contributed by atoms with E-state index in [0.717, 1.165) is 11.4 Å². The summed E-state index contributed by atoms with van der Waals surface area (Å²) in [6.07, 6.45) is 1.02. The van der Waals surface area contributed by atoms with Gasteiger partial charge in [0, 0.05) is 11.1 Å². The molecule has 19 heavy (non-hydrogen) atoms. The molecule has 0 radical (unpaired) electrons. The lowest BCUT2D eigenvalue weighted by Gasteiger charge is -2.36. The van der Waals surface area contributed by atoms with Crippen LogP contribution in [0.3, 0.4) is 0 Å². The van der Waals surface area contributed by atoms with Crippen molar-refractivity contribution in [1.29, 1.82) is 0 Å². The van der Waals surface area contributed by atoms with E-state index >= 15 is 0 Å². The molecule has 0 aromatic heterocycles. The van der Waals surface area contributed by atoms with Crippen molar-refractivity contribution < 1.29 is 9.47 Å². The van der Waals surface area contributed by atoms with Gasteiger partial charge in [0.1, 0.15) is 0 Å². The van der Waals surface area contributed by atoms with Crippen molar-refractivity contribution in [2.24, 2.45) is 0 Å². The van der Waals surface area contributed by atoms with Crippen LogP contribution in [0.4, 0.5) is 0 Å². The first-order chi connectivity index (χ1) is 9.00. The summed E-state index contributed by atoms with van der Waals surface area (Å²) in [6, 6.07) is 8.52. The molecular weight excluding hydrogens is 262 g/mol. The lowest BCUT2D eigenvalue weighted by atomic mass is 10.0. The maximum atomic E-state index is 5.92. The maximum Gasteiger partial charge on any atom is 0.162 e. The summed E-state index contributed by atoms with van der Waals surface area (Å²) in [5.74, 6) is -0.458. The van der Waals surface area contributed by atoms with E-state index < -0.39 is 5.79 Å². The Labute approximate surface area is 120 Å². The van der Waals surface area contributed by atoms with E-state index in [-0.39, 0.29) is 6.04 Å². The molecule has 0 saturated carbocycles. The van der Waals surface area contributed by atoms with Crippen LogP contribution in [0.15, 0.2) is 24.3 Å². The molecule has 1 aliphatic rings. The van der Waals surface area contributed by atoms with Gasteiger partial charge in [-0.1, -0.05) is 30.7 Å². The van der Waals surface area contributed by atoms with Crippen LogP contribution < -0.4 is 5.32 Å². The normalized spacial score (nSPS) is 21.3. The van der Waals surface area contributed by atoms with Crippen LogP contribution in [0, 0.1) is 0 Å². The van der Waals surface area contributed by atoms with Gasteiger partial charge in [-0.05, 0) is 38.0 Å². The SMILES string of the molecule is CCC(NC1COC(C)(C)OC1)c1ccc(Cl)cc1. The van der Waals surface area contributed by atoms with Gasteiger partial charge in [0.05, 0.1) is 19.3 Å². The number of benzene rings is 1. The van der Waals surface area contributed by atoms with Crippen molar-refractivity contribution in [3.8, 4) is 0 Å². The van der Waals surface area contributed by atoms with Gasteiger partial charge < -0.3 is 14.8 Å². The number of rotatable bonds is 4. The van der Waals surface area contributed by atoms with Crippen LogP contribution in [0.2, 0.25) is 5.02 Å². The highest BCUT2D eigenvalue weighted by Gasteiger charge is 2.29. The Morgan fingerprint density at radius 3 is 2.37 bits per heavy atom. The molecule has 1 unspecified atom stereocenters. The zero-order valence-corrected chi connectivity index (χ0v) is 12.5. The average molecular weight is 284 g/mol. The van der Waals surface area contributed by atoms with Crippen LogP contribution in [0.25, 0.3) is 0 Å². The van der Waals surface area contributed by atoms with Crippen molar-refractivity contribution in [2.75, 3.05) is 13.2 Å². The summed E-state index contributed by atoms with van der Waals surface area (Å²) in [4.78, 5) is 0. The van der Waals surface area contributed by atoms with E-state index in [4.69, 9.17) is 21.1 Å². The van der Waals surface area contributed by atoms with E-state index in [1.54, 1.807) is 0 Å². The molecule has 1 N–H and O–H groups in total. The molecular formula is C15H22ClNO2. The summed E-state index contributed by atoms with van der Waals surface area (Å²) < 4.78 is 11.3. The Bertz CT molecular complexity index is 395. The zero-order chi connectivity index (χ0) is 13.9. The second-order valence-corrected chi connectivity index (χ2v) is 5.83. The van der Waals surface area contributed by atoms with Crippen molar-refractivity contribution in [3.05, 3.63) is 34.9 Å². The highest BCUT2D eigenvalue weighted by molar-refractivity contribution is 6.30. The Balaban J connectivity index is 1.94. The van der Waals surface area contributed by atoms with E-state index in [0.29, 0.717) is 19.3 Å². The lowest BCUT2D eigenvalue weighted by molar-refractivity contribution is -0.253. The molecule has 0 aliphatic carbocycles. The number of nitrogens with one attached hydrogen (secondary N) is 1. The third-order valence-corrected chi connectivity index (χ3v) is 3.63. The van der Waals surface area contributed by atoms with Gasteiger partial charge in [0.25, 0.3) is 0 Å². The molecule has 1 atom stereocenters. The first-order valence-electron chi connectivity index (χ1n) is 6.79. The second-order valence-electron chi connectivity index (χ2n) is 5.40. The molecule has 3 nitrogen and oxygen atoms in total. The Hall–Kier alpha value is -0.610. The summed E-state index contributed by atoms with van der Waals surface area (Å²) in [5.41, 5.74) is 1.25. The molecule has 2 rings (SSSR count). The average Bonchev–Trinajstić information content (AvgIpc) is 2.39. The molecule has 106 valence electrons. The lowest BCUT2D eigenvalue weighted by Crippen LogP contribution is -2.49. The summed E-state index contributed by atoms with van der Waals surface area (Å²) >= 11 is 5.92. The van der Waals surface area contributed by atoms with Crippen molar-refractivity contribution in [2.45, 2.75) is 45.1 Å². The van der Waals surface area contributed by atoms with Gasteiger partial charge >= 0.3 is 0 Å². The van der Waals surface area contributed by atoms with Gasteiger partial charge in [0.15, 0.2) is 5.79 Å². The first kappa shape index (κ1) is 14.8. The van der Waals surface area contributed by atoms with Crippen LogP contribution in [-0.4, -0.2) is 25.0 Å². The van der Waals surface area contributed by atoms with Crippen LogP contribution >= 0.6 is 11.6 Å². The minimum atomic E-state index is -0.458. The summed E-state index contributed by atoms with van der Waals surface area (Å²) in [7, 11) is 0. The quantitative estimate of drug-likeness (QED) is 0.917. The Morgan fingerprint density at radius 2 is 1.84 bits per heavy atom. The third-order valence-electron chi connectivity index (χ3n) is 3.38. The minimum absolute atomic E-state index is 0.230. The van der Waals surface area contributed by atoms with E-state index in [1.165, 1.54) is 5.56 Å². The van der Waals surface area contributed by atoms with E-state index in [2.05, 4.69) is 24.4 Å². The fraction of sp³-hybridized carbons (Fsp3) is 0.600. The van der Waals surface area contributed by atoms with Gasteiger partial charge in [-0.15, -0.1) is 0 Å².